The summed E-state index contributed by atoms with van der Waals surface area (Å²) in [6.07, 6.45) is 2.91. The molecule has 3 aromatic rings. The molecular formula is C19H11Cl2FO2. The van der Waals surface area contributed by atoms with Gasteiger partial charge >= 0.3 is 0 Å². The third-order valence-corrected chi connectivity index (χ3v) is 3.99. The number of hydrogen-bond donors (Lipinski definition) is 0. The van der Waals surface area contributed by atoms with Gasteiger partial charge in [-0.25, -0.2) is 4.39 Å². The summed E-state index contributed by atoms with van der Waals surface area (Å²) >= 11 is 12.3. The molecule has 120 valence electrons. The molecule has 0 spiro atoms. The number of furan rings is 1. The predicted molar refractivity (Wildman–Crippen MR) is 93.9 cm³/mol. The smallest absolute Gasteiger partial charge is 0.185 e. The van der Waals surface area contributed by atoms with E-state index < -0.39 is 0 Å². The molecule has 2 nitrogen and oxygen atoms in total. The van der Waals surface area contributed by atoms with E-state index in [9.17, 15) is 9.18 Å². The summed E-state index contributed by atoms with van der Waals surface area (Å²) in [4.78, 5) is 12.0. The van der Waals surface area contributed by atoms with Crippen LogP contribution in [0, 0.1) is 5.82 Å². The molecule has 0 aliphatic heterocycles. The second kappa shape index (κ2) is 7.04. The first-order chi connectivity index (χ1) is 11.5. The summed E-state index contributed by atoms with van der Waals surface area (Å²) in [6.45, 7) is 0. The van der Waals surface area contributed by atoms with Crippen LogP contribution in [0.3, 0.4) is 0 Å². The van der Waals surface area contributed by atoms with E-state index in [1.807, 2.05) is 0 Å². The van der Waals surface area contributed by atoms with E-state index in [0.717, 1.165) is 0 Å². The minimum atomic E-state index is -0.386. The van der Waals surface area contributed by atoms with E-state index in [1.165, 1.54) is 30.3 Å². The van der Waals surface area contributed by atoms with Gasteiger partial charge in [-0.1, -0.05) is 29.3 Å². The van der Waals surface area contributed by atoms with Crippen molar-refractivity contribution in [3.8, 4) is 11.3 Å². The Morgan fingerprint density at radius 3 is 2.29 bits per heavy atom. The van der Waals surface area contributed by atoms with Gasteiger partial charge in [0, 0.05) is 5.56 Å². The van der Waals surface area contributed by atoms with Gasteiger partial charge in [-0.2, -0.15) is 0 Å². The Labute approximate surface area is 148 Å². The fraction of sp³-hybridized carbons (Fsp3) is 0. The van der Waals surface area contributed by atoms with Crippen LogP contribution >= 0.6 is 23.2 Å². The molecular weight excluding hydrogens is 350 g/mol. The molecule has 0 unspecified atom stereocenters. The first-order valence-corrected chi connectivity index (χ1v) is 7.82. The topological polar surface area (TPSA) is 30.2 Å². The number of benzene rings is 2. The summed E-state index contributed by atoms with van der Waals surface area (Å²) < 4.78 is 18.5. The summed E-state index contributed by atoms with van der Waals surface area (Å²) in [5, 5.41) is 0.963. The summed E-state index contributed by atoms with van der Waals surface area (Å²) in [5.41, 5.74) is 0.999. The Morgan fingerprint density at radius 2 is 1.62 bits per heavy atom. The number of allylic oxidation sites excluding steroid dienone is 1. The number of carbonyl (C=O) groups excluding carboxylic acids is 1. The van der Waals surface area contributed by atoms with Crippen LogP contribution in [-0.4, -0.2) is 5.78 Å². The van der Waals surface area contributed by atoms with Crippen LogP contribution < -0.4 is 0 Å². The van der Waals surface area contributed by atoms with Gasteiger partial charge in [0.2, 0.25) is 0 Å². The van der Waals surface area contributed by atoms with Crippen LogP contribution in [0.4, 0.5) is 4.39 Å². The normalized spacial score (nSPS) is 11.1. The average molecular weight is 361 g/mol. The van der Waals surface area contributed by atoms with Crippen molar-refractivity contribution < 1.29 is 13.6 Å². The second-order valence-electron chi connectivity index (χ2n) is 5.00. The van der Waals surface area contributed by atoms with Crippen molar-refractivity contribution in [3.63, 3.8) is 0 Å². The third-order valence-electron chi connectivity index (χ3n) is 3.36. The highest BCUT2D eigenvalue weighted by Gasteiger charge is 2.12. The molecule has 0 atom stereocenters. The maximum absolute atomic E-state index is 12.9. The number of halogens is 3. The van der Waals surface area contributed by atoms with Crippen molar-refractivity contribution in [1.29, 1.82) is 0 Å². The van der Waals surface area contributed by atoms with Crippen molar-refractivity contribution in [1.82, 2.24) is 0 Å². The van der Waals surface area contributed by atoms with E-state index >= 15 is 0 Å². The molecule has 0 radical (unpaired) electrons. The van der Waals surface area contributed by atoms with Crippen LogP contribution in [-0.2, 0) is 0 Å². The molecule has 2 aromatic carbocycles. The molecule has 1 aromatic heterocycles. The SMILES string of the molecule is O=C(C=Cc1ccc(-c2c(Cl)cccc2Cl)o1)c1ccc(F)cc1. The lowest BCUT2D eigenvalue weighted by molar-refractivity contribution is 0.104. The Morgan fingerprint density at radius 1 is 0.958 bits per heavy atom. The summed E-state index contributed by atoms with van der Waals surface area (Å²) in [5.74, 6) is 0.363. The van der Waals surface area contributed by atoms with E-state index in [-0.39, 0.29) is 11.6 Å². The van der Waals surface area contributed by atoms with Crippen molar-refractivity contribution in [3.05, 3.63) is 87.9 Å². The van der Waals surface area contributed by atoms with Crippen molar-refractivity contribution in [2.75, 3.05) is 0 Å². The molecule has 0 aliphatic carbocycles. The molecule has 24 heavy (non-hydrogen) atoms. The van der Waals surface area contributed by atoms with Crippen LogP contribution in [0.15, 0.2) is 65.1 Å². The van der Waals surface area contributed by atoms with Crippen LogP contribution in [0.25, 0.3) is 17.4 Å². The van der Waals surface area contributed by atoms with E-state index in [2.05, 4.69) is 0 Å². The summed E-state index contributed by atoms with van der Waals surface area (Å²) in [7, 11) is 0. The van der Waals surface area contributed by atoms with Crippen LogP contribution in [0.5, 0.6) is 0 Å². The lowest BCUT2D eigenvalue weighted by Gasteiger charge is -2.02. The highest BCUT2D eigenvalue weighted by molar-refractivity contribution is 6.39. The zero-order chi connectivity index (χ0) is 17.1. The van der Waals surface area contributed by atoms with Gasteiger partial charge in [-0.15, -0.1) is 0 Å². The van der Waals surface area contributed by atoms with Crippen molar-refractivity contribution in [2.45, 2.75) is 0 Å². The molecule has 0 saturated carbocycles. The van der Waals surface area contributed by atoms with Gasteiger partial charge in [0.1, 0.15) is 17.3 Å². The van der Waals surface area contributed by atoms with E-state index in [0.29, 0.717) is 32.7 Å². The van der Waals surface area contributed by atoms with Crippen molar-refractivity contribution >= 4 is 35.1 Å². The molecule has 0 fully saturated rings. The van der Waals surface area contributed by atoms with Gasteiger partial charge in [0.05, 0.1) is 15.6 Å². The lowest BCUT2D eigenvalue weighted by Crippen LogP contribution is -1.93. The molecule has 5 heteroatoms. The first kappa shape index (κ1) is 16.5. The maximum atomic E-state index is 12.9. The van der Waals surface area contributed by atoms with Gasteiger partial charge < -0.3 is 4.42 Å². The fourth-order valence-corrected chi connectivity index (χ4v) is 2.76. The highest BCUT2D eigenvalue weighted by atomic mass is 35.5. The minimum Gasteiger partial charge on any atom is -0.457 e. The van der Waals surface area contributed by atoms with Crippen LogP contribution in [0.1, 0.15) is 16.1 Å². The Kier molecular flexibility index (Phi) is 4.84. The molecule has 0 aliphatic rings. The number of hydrogen-bond acceptors (Lipinski definition) is 2. The van der Waals surface area contributed by atoms with Gasteiger partial charge in [0.25, 0.3) is 0 Å². The Hall–Kier alpha value is -2.36. The molecule has 0 saturated heterocycles. The quantitative estimate of drug-likeness (QED) is 0.404. The highest BCUT2D eigenvalue weighted by Crippen LogP contribution is 2.35. The van der Waals surface area contributed by atoms with E-state index in [4.69, 9.17) is 27.6 Å². The molecule has 1 heterocycles. The second-order valence-corrected chi connectivity index (χ2v) is 5.82. The first-order valence-electron chi connectivity index (χ1n) is 7.07. The lowest BCUT2D eigenvalue weighted by atomic mass is 10.1. The number of carbonyl (C=O) groups is 1. The summed E-state index contributed by atoms with van der Waals surface area (Å²) in [6, 6.07) is 14.0. The Balaban J connectivity index is 1.81. The third kappa shape index (κ3) is 3.58. The molecule has 3 rings (SSSR count). The fourth-order valence-electron chi connectivity index (χ4n) is 2.18. The predicted octanol–water partition coefficient (Wildman–Crippen LogP) is 6.29. The molecule has 0 bridgehead atoms. The number of ketones is 1. The van der Waals surface area contributed by atoms with E-state index in [1.54, 1.807) is 36.4 Å². The van der Waals surface area contributed by atoms with Gasteiger partial charge in [-0.05, 0) is 60.7 Å². The number of rotatable bonds is 4. The maximum Gasteiger partial charge on any atom is 0.185 e. The Bertz CT molecular complexity index is 891. The average Bonchev–Trinajstić information content (AvgIpc) is 3.02. The standard InChI is InChI=1S/C19H11Cl2FO2/c20-15-2-1-3-16(21)19(15)18-11-9-14(24-18)8-10-17(23)12-4-6-13(22)7-5-12/h1-11H. The van der Waals surface area contributed by atoms with Crippen LogP contribution in [0.2, 0.25) is 10.0 Å². The van der Waals surface area contributed by atoms with Gasteiger partial charge in [0.15, 0.2) is 5.78 Å². The van der Waals surface area contributed by atoms with Crippen molar-refractivity contribution in [2.24, 2.45) is 0 Å². The zero-order valence-electron chi connectivity index (χ0n) is 12.3. The minimum absolute atomic E-state index is 0.247. The molecule has 0 amide bonds. The molecule has 0 N–H and O–H groups in total. The largest absolute Gasteiger partial charge is 0.457 e. The zero-order valence-corrected chi connectivity index (χ0v) is 13.8. The monoisotopic (exact) mass is 360 g/mol. The van der Waals surface area contributed by atoms with Gasteiger partial charge in [-0.3, -0.25) is 4.79 Å².